The van der Waals surface area contributed by atoms with Crippen LogP contribution in [0.15, 0.2) is 0 Å². The number of nitrogens with zero attached hydrogens (tertiary/aromatic N) is 1. The molecule has 0 saturated carbocycles. The van der Waals surface area contributed by atoms with Gasteiger partial charge in [0.25, 0.3) is 0 Å². The molecule has 7 heteroatoms. The van der Waals surface area contributed by atoms with Crippen LogP contribution in [0.4, 0.5) is 4.79 Å². The number of amides is 2. The van der Waals surface area contributed by atoms with E-state index in [9.17, 15) is 19.5 Å². The average Bonchev–Trinajstić information content (AvgIpc) is 2.49. The highest BCUT2D eigenvalue weighted by Gasteiger charge is 2.32. The van der Waals surface area contributed by atoms with Gasteiger partial charge in [-0.1, -0.05) is 20.3 Å². The number of likely N-dealkylation sites (tertiary alicyclic amines) is 1. The van der Waals surface area contributed by atoms with Gasteiger partial charge in [0, 0.05) is 19.0 Å². The van der Waals surface area contributed by atoms with Gasteiger partial charge in [-0.2, -0.15) is 0 Å². The summed E-state index contributed by atoms with van der Waals surface area (Å²) in [5.74, 6) is -1.65. The molecular weight excluding hydrogens is 312 g/mol. The monoisotopic (exact) mass is 342 g/mol. The molecule has 0 aromatic carbocycles. The first kappa shape index (κ1) is 20.3. The molecule has 1 rings (SSSR count). The molecule has 2 N–H and O–H groups in total. The maximum Gasteiger partial charge on any atom is 0.410 e. The number of ether oxygens (including phenoxy) is 1. The molecule has 2 atom stereocenters. The molecule has 0 aromatic rings. The number of hydrogen-bond acceptors (Lipinski definition) is 4. The molecule has 1 saturated heterocycles. The van der Waals surface area contributed by atoms with E-state index in [0.29, 0.717) is 32.4 Å². The van der Waals surface area contributed by atoms with Crippen molar-refractivity contribution in [3.05, 3.63) is 0 Å². The van der Waals surface area contributed by atoms with Crippen LogP contribution in [0.25, 0.3) is 0 Å². The number of rotatable bonds is 5. The topological polar surface area (TPSA) is 95.9 Å². The lowest BCUT2D eigenvalue weighted by atomic mass is 9.94. The Morgan fingerprint density at radius 2 is 1.79 bits per heavy atom. The molecule has 24 heavy (non-hydrogen) atoms. The van der Waals surface area contributed by atoms with Crippen LogP contribution in [-0.2, 0) is 14.3 Å². The third-order valence-electron chi connectivity index (χ3n) is 4.29. The lowest BCUT2D eigenvalue weighted by Crippen LogP contribution is -2.50. The molecular formula is C17H30N2O5. The zero-order valence-electron chi connectivity index (χ0n) is 15.3. The van der Waals surface area contributed by atoms with Crippen molar-refractivity contribution in [2.45, 2.75) is 65.5 Å². The third kappa shape index (κ3) is 6.02. The zero-order valence-corrected chi connectivity index (χ0v) is 15.3. The number of hydrogen-bond donors (Lipinski definition) is 2. The van der Waals surface area contributed by atoms with E-state index in [1.165, 1.54) is 0 Å². The second-order valence-electron chi connectivity index (χ2n) is 7.45. The molecule has 1 aliphatic heterocycles. The highest BCUT2D eigenvalue weighted by atomic mass is 16.6. The van der Waals surface area contributed by atoms with Crippen molar-refractivity contribution < 1.29 is 24.2 Å². The van der Waals surface area contributed by atoms with Crippen LogP contribution in [0.2, 0.25) is 0 Å². The van der Waals surface area contributed by atoms with Crippen molar-refractivity contribution in [1.82, 2.24) is 10.2 Å². The highest BCUT2D eigenvalue weighted by molar-refractivity contribution is 5.85. The summed E-state index contributed by atoms with van der Waals surface area (Å²) in [5, 5.41) is 11.9. The predicted molar refractivity (Wildman–Crippen MR) is 89.6 cm³/mol. The van der Waals surface area contributed by atoms with Crippen LogP contribution in [-0.4, -0.2) is 52.7 Å². The van der Waals surface area contributed by atoms with Crippen molar-refractivity contribution in [1.29, 1.82) is 0 Å². The van der Waals surface area contributed by atoms with Gasteiger partial charge >= 0.3 is 12.1 Å². The van der Waals surface area contributed by atoms with Gasteiger partial charge in [-0.05, 0) is 39.5 Å². The molecule has 0 aromatic heterocycles. The summed E-state index contributed by atoms with van der Waals surface area (Å²) >= 11 is 0. The smallest absolute Gasteiger partial charge is 0.410 e. The highest BCUT2D eigenvalue weighted by Crippen LogP contribution is 2.20. The normalized spacial score (nSPS) is 18.6. The number of piperidine rings is 1. The minimum absolute atomic E-state index is 0.131. The van der Waals surface area contributed by atoms with Gasteiger partial charge in [0.1, 0.15) is 11.6 Å². The minimum atomic E-state index is -1.01. The summed E-state index contributed by atoms with van der Waals surface area (Å²) in [5.41, 5.74) is -0.545. The summed E-state index contributed by atoms with van der Waals surface area (Å²) in [7, 11) is 0. The van der Waals surface area contributed by atoms with E-state index in [0.717, 1.165) is 0 Å². The average molecular weight is 342 g/mol. The standard InChI is InChI=1S/C17H30N2O5/c1-6-11(2)13(15(21)22)18-14(20)12-7-9-19(10-8-12)16(23)24-17(3,4)5/h11-13H,6-10H2,1-5H3,(H,18,20)(H,21,22)/t11?,13-/m1/s1. The van der Waals surface area contributed by atoms with E-state index >= 15 is 0 Å². The van der Waals surface area contributed by atoms with Gasteiger partial charge in [0.15, 0.2) is 0 Å². The number of carbonyl (C=O) groups is 3. The van der Waals surface area contributed by atoms with Crippen LogP contribution in [0.3, 0.4) is 0 Å². The van der Waals surface area contributed by atoms with Crippen molar-refractivity contribution in [3.63, 3.8) is 0 Å². The molecule has 0 radical (unpaired) electrons. The van der Waals surface area contributed by atoms with Gasteiger partial charge in [0.2, 0.25) is 5.91 Å². The van der Waals surface area contributed by atoms with E-state index in [1.54, 1.807) is 4.90 Å². The van der Waals surface area contributed by atoms with Gasteiger partial charge < -0.3 is 20.1 Å². The van der Waals surface area contributed by atoms with Crippen LogP contribution in [0, 0.1) is 11.8 Å². The fourth-order valence-corrected chi connectivity index (χ4v) is 2.60. The molecule has 0 spiro atoms. The maximum absolute atomic E-state index is 12.3. The number of carbonyl (C=O) groups excluding carboxylic acids is 2. The Morgan fingerprint density at radius 3 is 2.21 bits per heavy atom. The molecule has 0 aliphatic carbocycles. The molecule has 2 amide bonds. The van der Waals surface area contributed by atoms with Crippen LogP contribution >= 0.6 is 0 Å². The maximum atomic E-state index is 12.3. The fourth-order valence-electron chi connectivity index (χ4n) is 2.60. The SMILES string of the molecule is CCC(C)[C@@H](NC(=O)C1CCN(C(=O)OC(C)(C)C)CC1)C(=O)O. The van der Waals surface area contributed by atoms with E-state index in [-0.39, 0.29) is 23.8 Å². The van der Waals surface area contributed by atoms with Gasteiger partial charge in [-0.15, -0.1) is 0 Å². The molecule has 7 nitrogen and oxygen atoms in total. The van der Waals surface area contributed by atoms with E-state index < -0.39 is 17.6 Å². The summed E-state index contributed by atoms with van der Waals surface area (Å²) < 4.78 is 5.32. The van der Waals surface area contributed by atoms with E-state index in [1.807, 2.05) is 34.6 Å². The molecule has 0 bridgehead atoms. The van der Waals surface area contributed by atoms with Crippen molar-refractivity contribution in [3.8, 4) is 0 Å². The van der Waals surface area contributed by atoms with Gasteiger partial charge in [-0.25, -0.2) is 9.59 Å². The van der Waals surface area contributed by atoms with Crippen molar-refractivity contribution in [2.75, 3.05) is 13.1 Å². The Hall–Kier alpha value is -1.79. The van der Waals surface area contributed by atoms with Gasteiger partial charge in [-0.3, -0.25) is 4.79 Å². The number of carboxylic acids is 1. The Balaban J connectivity index is 2.53. The first-order valence-electron chi connectivity index (χ1n) is 8.56. The van der Waals surface area contributed by atoms with Crippen LogP contribution in [0.5, 0.6) is 0 Å². The van der Waals surface area contributed by atoms with Crippen LogP contribution in [0.1, 0.15) is 53.9 Å². The molecule has 1 aliphatic rings. The first-order valence-corrected chi connectivity index (χ1v) is 8.56. The second-order valence-corrected chi connectivity index (χ2v) is 7.45. The van der Waals surface area contributed by atoms with Crippen molar-refractivity contribution >= 4 is 18.0 Å². The number of aliphatic carboxylic acids is 1. The van der Waals surface area contributed by atoms with Crippen LogP contribution < -0.4 is 5.32 Å². The van der Waals surface area contributed by atoms with E-state index in [4.69, 9.17) is 4.74 Å². The Labute approximate surface area is 143 Å². The summed E-state index contributed by atoms with van der Waals surface area (Å²) in [6.07, 6.45) is 1.33. The summed E-state index contributed by atoms with van der Waals surface area (Å²) in [6.45, 7) is 10.0. The lowest BCUT2D eigenvalue weighted by molar-refractivity contribution is -0.144. The zero-order chi connectivity index (χ0) is 18.5. The van der Waals surface area contributed by atoms with Gasteiger partial charge in [0.05, 0.1) is 0 Å². The predicted octanol–water partition coefficient (Wildman–Crippen LogP) is 2.25. The number of nitrogens with one attached hydrogen (secondary N) is 1. The third-order valence-corrected chi connectivity index (χ3v) is 4.29. The van der Waals surface area contributed by atoms with E-state index in [2.05, 4.69) is 5.32 Å². The summed E-state index contributed by atoms with van der Waals surface area (Å²) in [6, 6.07) is -0.869. The van der Waals surface area contributed by atoms with Crippen molar-refractivity contribution in [2.24, 2.45) is 11.8 Å². The first-order chi connectivity index (χ1) is 11.0. The summed E-state index contributed by atoms with van der Waals surface area (Å²) in [4.78, 5) is 37.2. The molecule has 1 fully saturated rings. The molecule has 1 heterocycles. The fraction of sp³-hybridized carbons (Fsp3) is 0.824. The Bertz CT molecular complexity index is 464. The largest absolute Gasteiger partial charge is 0.480 e. The Kier molecular flexibility index (Phi) is 7.05. The minimum Gasteiger partial charge on any atom is -0.480 e. The Morgan fingerprint density at radius 1 is 1.25 bits per heavy atom. The molecule has 1 unspecified atom stereocenters. The second kappa shape index (κ2) is 8.35. The quantitative estimate of drug-likeness (QED) is 0.799. The molecule has 138 valence electrons. The lowest BCUT2D eigenvalue weighted by Gasteiger charge is -2.33. The number of carboxylic acid groups (broad SMARTS) is 1.